The lowest BCUT2D eigenvalue weighted by Gasteiger charge is -2.29. The maximum atomic E-state index is 10.1. The molecule has 0 aromatic carbocycles. The van der Waals surface area contributed by atoms with Crippen LogP contribution in [0.15, 0.2) is 11.4 Å². The summed E-state index contributed by atoms with van der Waals surface area (Å²) in [5.41, 5.74) is 1.38. The van der Waals surface area contributed by atoms with Crippen molar-refractivity contribution in [2.75, 3.05) is 0 Å². The minimum atomic E-state index is -0.300. The van der Waals surface area contributed by atoms with Gasteiger partial charge in [0.15, 0.2) is 0 Å². The van der Waals surface area contributed by atoms with Crippen LogP contribution in [0.5, 0.6) is 0 Å². The van der Waals surface area contributed by atoms with Gasteiger partial charge in [0.05, 0.1) is 6.10 Å². The number of hydrogen-bond acceptors (Lipinski definition) is 2. The van der Waals surface area contributed by atoms with E-state index in [4.69, 9.17) is 0 Å². The smallest absolute Gasteiger partial charge is 0.0803 e. The highest BCUT2D eigenvalue weighted by Crippen LogP contribution is 2.34. The summed E-state index contributed by atoms with van der Waals surface area (Å²) in [6.45, 7) is 11.0. The van der Waals surface area contributed by atoms with Gasteiger partial charge in [0.25, 0.3) is 0 Å². The van der Waals surface area contributed by atoms with E-state index in [1.165, 1.54) is 4.88 Å². The lowest BCUT2D eigenvalue weighted by molar-refractivity contribution is 0.110. The molecule has 1 heterocycles. The van der Waals surface area contributed by atoms with Crippen LogP contribution in [-0.2, 0) is 0 Å². The van der Waals surface area contributed by atoms with Crippen LogP contribution in [0.1, 0.15) is 50.7 Å². The zero-order valence-corrected chi connectivity index (χ0v) is 11.2. The van der Waals surface area contributed by atoms with Crippen molar-refractivity contribution in [1.82, 2.24) is 0 Å². The third-order valence-corrected chi connectivity index (χ3v) is 4.17. The van der Waals surface area contributed by atoms with E-state index in [1.807, 2.05) is 6.07 Å². The monoisotopic (exact) mass is 226 g/mol. The number of aliphatic hydroxyl groups is 1. The molecule has 0 fully saturated rings. The van der Waals surface area contributed by atoms with Gasteiger partial charge in [-0.3, -0.25) is 0 Å². The van der Waals surface area contributed by atoms with Crippen LogP contribution in [-0.4, -0.2) is 5.11 Å². The highest BCUT2D eigenvalue weighted by atomic mass is 32.1. The average molecular weight is 226 g/mol. The Labute approximate surface area is 97.2 Å². The molecule has 1 N–H and O–H groups in total. The molecule has 0 aliphatic rings. The molecule has 0 saturated carbocycles. The number of aryl methyl sites for hydroxylation is 1. The Bertz CT molecular complexity index is 309. The summed E-state index contributed by atoms with van der Waals surface area (Å²) in [7, 11) is 0. The van der Waals surface area contributed by atoms with Crippen molar-refractivity contribution in [3.05, 3.63) is 21.9 Å². The largest absolute Gasteiger partial charge is 0.388 e. The highest BCUT2D eigenvalue weighted by molar-refractivity contribution is 7.10. The fraction of sp³-hybridized carbons (Fsp3) is 0.692. The van der Waals surface area contributed by atoms with Gasteiger partial charge in [0.2, 0.25) is 0 Å². The molecule has 0 aliphatic heterocycles. The molecule has 1 nitrogen and oxygen atoms in total. The van der Waals surface area contributed by atoms with Crippen molar-refractivity contribution in [3.8, 4) is 0 Å². The summed E-state index contributed by atoms with van der Waals surface area (Å²) in [5.74, 6) is 0.520. The van der Waals surface area contributed by atoms with Crippen molar-refractivity contribution < 1.29 is 5.11 Å². The molecule has 1 rings (SSSR count). The van der Waals surface area contributed by atoms with Gasteiger partial charge in [0.1, 0.15) is 0 Å². The van der Waals surface area contributed by atoms with Crippen LogP contribution < -0.4 is 0 Å². The van der Waals surface area contributed by atoms with Crippen molar-refractivity contribution in [1.29, 1.82) is 0 Å². The normalized spacial score (nSPS) is 16.4. The van der Waals surface area contributed by atoms with Crippen molar-refractivity contribution in [2.45, 2.75) is 47.1 Å². The summed E-state index contributed by atoms with van der Waals surface area (Å²) in [5, 5.41) is 12.2. The second-order valence-electron chi connectivity index (χ2n) is 5.45. The van der Waals surface area contributed by atoms with Gasteiger partial charge in [-0.05, 0) is 41.7 Å². The van der Waals surface area contributed by atoms with Crippen LogP contribution in [0, 0.1) is 18.3 Å². The molecule has 86 valence electrons. The van der Waals surface area contributed by atoms with Crippen LogP contribution >= 0.6 is 11.3 Å². The molecular formula is C13H22OS. The van der Waals surface area contributed by atoms with E-state index in [-0.39, 0.29) is 11.5 Å². The summed E-state index contributed by atoms with van der Waals surface area (Å²) in [4.78, 5) is 1.24. The molecule has 2 heteroatoms. The van der Waals surface area contributed by atoms with E-state index in [9.17, 15) is 5.11 Å². The highest BCUT2D eigenvalue weighted by Gasteiger charge is 2.24. The predicted molar refractivity (Wildman–Crippen MR) is 67.3 cm³/mol. The van der Waals surface area contributed by atoms with E-state index in [0.717, 1.165) is 12.0 Å². The third-order valence-electron chi connectivity index (χ3n) is 3.31. The fourth-order valence-electron chi connectivity index (χ4n) is 1.56. The molecule has 0 spiro atoms. The van der Waals surface area contributed by atoms with Crippen LogP contribution in [0.25, 0.3) is 0 Å². The lowest BCUT2D eigenvalue weighted by Crippen LogP contribution is -2.19. The summed E-state index contributed by atoms with van der Waals surface area (Å²) >= 11 is 1.71. The van der Waals surface area contributed by atoms with E-state index >= 15 is 0 Å². The van der Waals surface area contributed by atoms with Gasteiger partial charge >= 0.3 is 0 Å². The molecule has 1 aromatic heterocycles. The average Bonchev–Trinajstić information content (AvgIpc) is 2.49. The quantitative estimate of drug-likeness (QED) is 0.820. The second-order valence-corrected chi connectivity index (χ2v) is 6.57. The Kier molecular flexibility index (Phi) is 3.96. The standard InChI is InChI=1S/C13H22OS/c1-9(13(3,4)5)8-12(14)11-6-7-15-10(11)2/h6-7,9,12,14H,8H2,1-5H3. The molecule has 2 atom stereocenters. The van der Waals surface area contributed by atoms with Crippen molar-refractivity contribution >= 4 is 11.3 Å². The summed E-state index contributed by atoms with van der Waals surface area (Å²) < 4.78 is 0. The van der Waals surface area contributed by atoms with Gasteiger partial charge < -0.3 is 5.11 Å². The molecule has 0 aliphatic carbocycles. The minimum absolute atomic E-state index is 0.269. The topological polar surface area (TPSA) is 20.2 Å². The first-order valence-electron chi connectivity index (χ1n) is 5.54. The van der Waals surface area contributed by atoms with E-state index < -0.39 is 0 Å². The summed E-state index contributed by atoms with van der Waals surface area (Å²) in [6.07, 6.45) is 0.548. The van der Waals surface area contributed by atoms with Gasteiger partial charge in [-0.1, -0.05) is 27.7 Å². The van der Waals surface area contributed by atoms with Crippen LogP contribution in [0.4, 0.5) is 0 Å². The van der Waals surface area contributed by atoms with E-state index in [0.29, 0.717) is 5.92 Å². The van der Waals surface area contributed by atoms with E-state index in [2.05, 4.69) is 40.0 Å². The Balaban J connectivity index is 2.64. The van der Waals surface area contributed by atoms with Gasteiger partial charge in [-0.15, -0.1) is 11.3 Å². The van der Waals surface area contributed by atoms with Crippen molar-refractivity contribution in [2.24, 2.45) is 11.3 Å². The number of rotatable bonds is 3. The van der Waals surface area contributed by atoms with E-state index in [1.54, 1.807) is 11.3 Å². The Morgan fingerprint density at radius 3 is 2.40 bits per heavy atom. The third kappa shape index (κ3) is 3.32. The predicted octanol–water partition coefficient (Wildman–Crippen LogP) is 4.16. The molecule has 15 heavy (non-hydrogen) atoms. The molecule has 2 unspecified atom stereocenters. The number of hydrogen-bond donors (Lipinski definition) is 1. The SMILES string of the molecule is Cc1sccc1C(O)CC(C)C(C)(C)C. The minimum Gasteiger partial charge on any atom is -0.388 e. The number of thiophene rings is 1. The fourth-order valence-corrected chi connectivity index (χ4v) is 2.31. The zero-order valence-electron chi connectivity index (χ0n) is 10.4. The molecule has 0 saturated heterocycles. The first-order valence-corrected chi connectivity index (χ1v) is 6.42. The Morgan fingerprint density at radius 2 is 2.00 bits per heavy atom. The molecule has 0 radical (unpaired) electrons. The molecule has 0 amide bonds. The molecule has 1 aromatic rings. The zero-order chi connectivity index (χ0) is 11.6. The molecular weight excluding hydrogens is 204 g/mol. The maximum Gasteiger partial charge on any atom is 0.0803 e. The Morgan fingerprint density at radius 1 is 1.40 bits per heavy atom. The van der Waals surface area contributed by atoms with Gasteiger partial charge in [0, 0.05) is 4.88 Å². The lowest BCUT2D eigenvalue weighted by atomic mass is 9.78. The Hall–Kier alpha value is -0.340. The van der Waals surface area contributed by atoms with Gasteiger partial charge in [-0.25, -0.2) is 0 Å². The number of aliphatic hydroxyl groups excluding tert-OH is 1. The van der Waals surface area contributed by atoms with Crippen LogP contribution in [0.2, 0.25) is 0 Å². The second kappa shape index (κ2) is 4.67. The van der Waals surface area contributed by atoms with Crippen molar-refractivity contribution in [3.63, 3.8) is 0 Å². The summed E-state index contributed by atoms with van der Waals surface area (Å²) in [6, 6.07) is 2.04. The first kappa shape index (κ1) is 12.7. The maximum absolute atomic E-state index is 10.1. The van der Waals surface area contributed by atoms with Gasteiger partial charge in [-0.2, -0.15) is 0 Å². The first-order chi connectivity index (χ1) is 6.82. The van der Waals surface area contributed by atoms with Crippen LogP contribution in [0.3, 0.4) is 0 Å². The molecule has 0 bridgehead atoms.